The van der Waals surface area contributed by atoms with E-state index in [4.69, 9.17) is 16.3 Å². The zero-order chi connectivity index (χ0) is 14.7. The van der Waals surface area contributed by atoms with Crippen molar-refractivity contribution in [1.82, 2.24) is 0 Å². The van der Waals surface area contributed by atoms with Crippen molar-refractivity contribution in [3.8, 4) is 5.75 Å². The second-order valence-electron chi connectivity index (χ2n) is 4.03. The monoisotopic (exact) mass is 356 g/mol. The van der Waals surface area contributed by atoms with Gasteiger partial charge in [0.25, 0.3) is 0 Å². The Balaban J connectivity index is 2.38. The Morgan fingerprint density at radius 1 is 1.25 bits per heavy atom. The van der Waals surface area contributed by atoms with Crippen LogP contribution < -0.4 is 4.74 Å². The summed E-state index contributed by atoms with van der Waals surface area (Å²) in [6, 6.07) is 8.78. The van der Waals surface area contributed by atoms with Gasteiger partial charge >= 0.3 is 0 Å². The van der Waals surface area contributed by atoms with Crippen LogP contribution in [0.25, 0.3) is 0 Å². The van der Waals surface area contributed by atoms with Crippen LogP contribution in [0.3, 0.4) is 0 Å². The van der Waals surface area contributed by atoms with Crippen LogP contribution in [0.4, 0.5) is 4.39 Å². The van der Waals surface area contributed by atoms with E-state index >= 15 is 0 Å². The SMILES string of the molecule is CCOc1ccc(C(=O)c2ccc(F)cc2Cl)c(Br)c1. The fraction of sp³-hybridized carbons (Fsp3) is 0.133. The molecule has 0 aliphatic rings. The highest BCUT2D eigenvalue weighted by Gasteiger charge is 2.16. The molecule has 2 nitrogen and oxygen atoms in total. The molecule has 0 N–H and O–H groups in total. The van der Waals surface area contributed by atoms with Gasteiger partial charge in [0.05, 0.1) is 11.6 Å². The maximum atomic E-state index is 13.0. The van der Waals surface area contributed by atoms with Crippen molar-refractivity contribution >= 4 is 33.3 Å². The molecule has 2 aromatic rings. The molecule has 0 amide bonds. The summed E-state index contributed by atoms with van der Waals surface area (Å²) < 4.78 is 19.0. The van der Waals surface area contributed by atoms with E-state index in [-0.39, 0.29) is 16.4 Å². The van der Waals surface area contributed by atoms with Gasteiger partial charge in [-0.3, -0.25) is 4.79 Å². The Kier molecular flexibility index (Phi) is 4.78. The minimum atomic E-state index is -0.475. The molecule has 0 saturated carbocycles. The third-order valence-electron chi connectivity index (χ3n) is 2.67. The van der Waals surface area contributed by atoms with Crippen LogP contribution in [0.15, 0.2) is 40.9 Å². The first-order valence-corrected chi connectivity index (χ1v) is 7.12. The smallest absolute Gasteiger partial charge is 0.195 e. The predicted octanol–water partition coefficient (Wildman–Crippen LogP) is 4.87. The number of halogens is 3. The quantitative estimate of drug-likeness (QED) is 0.730. The molecule has 5 heteroatoms. The summed E-state index contributed by atoms with van der Waals surface area (Å²) in [7, 11) is 0. The standard InChI is InChI=1S/C15H11BrClFO2/c1-2-20-10-4-6-11(13(16)8-10)15(19)12-5-3-9(18)7-14(12)17/h3-8H,2H2,1H3. The Morgan fingerprint density at radius 3 is 2.55 bits per heavy atom. The van der Waals surface area contributed by atoms with E-state index in [1.165, 1.54) is 12.1 Å². The molecule has 0 saturated heterocycles. The van der Waals surface area contributed by atoms with Crippen LogP contribution in [-0.2, 0) is 0 Å². The van der Waals surface area contributed by atoms with Crippen molar-refractivity contribution in [1.29, 1.82) is 0 Å². The van der Waals surface area contributed by atoms with Gasteiger partial charge in [-0.2, -0.15) is 0 Å². The van der Waals surface area contributed by atoms with Crippen LogP contribution >= 0.6 is 27.5 Å². The number of ether oxygens (including phenoxy) is 1. The highest BCUT2D eigenvalue weighted by Crippen LogP contribution is 2.27. The molecule has 0 aromatic heterocycles. The van der Waals surface area contributed by atoms with Gasteiger partial charge in [-0.1, -0.05) is 11.6 Å². The van der Waals surface area contributed by atoms with Crippen LogP contribution in [0.1, 0.15) is 22.8 Å². The lowest BCUT2D eigenvalue weighted by atomic mass is 10.0. The highest BCUT2D eigenvalue weighted by atomic mass is 79.9. The number of rotatable bonds is 4. The van der Waals surface area contributed by atoms with E-state index in [1.807, 2.05) is 6.92 Å². The molecule has 0 aliphatic carbocycles. The zero-order valence-electron chi connectivity index (χ0n) is 10.6. The Hall–Kier alpha value is -1.39. The molecule has 0 bridgehead atoms. The largest absolute Gasteiger partial charge is 0.494 e. The first-order valence-electron chi connectivity index (χ1n) is 5.95. The fourth-order valence-corrected chi connectivity index (χ4v) is 2.55. The molecule has 0 heterocycles. The summed E-state index contributed by atoms with van der Waals surface area (Å²) in [6.45, 7) is 2.43. The molecule has 2 aromatic carbocycles. The van der Waals surface area contributed by atoms with E-state index < -0.39 is 5.82 Å². The summed E-state index contributed by atoms with van der Waals surface area (Å²) in [4.78, 5) is 12.4. The lowest BCUT2D eigenvalue weighted by Gasteiger charge is -2.08. The third-order valence-corrected chi connectivity index (χ3v) is 3.64. The summed E-state index contributed by atoms with van der Waals surface area (Å²) in [6.07, 6.45) is 0. The topological polar surface area (TPSA) is 26.3 Å². The van der Waals surface area contributed by atoms with E-state index in [0.29, 0.717) is 22.4 Å². The zero-order valence-corrected chi connectivity index (χ0v) is 13.0. The molecule has 20 heavy (non-hydrogen) atoms. The average Bonchev–Trinajstić information content (AvgIpc) is 2.38. The number of hydrogen-bond acceptors (Lipinski definition) is 2. The second-order valence-corrected chi connectivity index (χ2v) is 5.29. The molecule has 0 aliphatic heterocycles. The van der Waals surface area contributed by atoms with Crippen molar-refractivity contribution in [2.75, 3.05) is 6.61 Å². The van der Waals surface area contributed by atoms with Crippen molar-refractivity contribution < 1.29 is 13.9 Å². The van der Waals surface area contributed by atoms with Gasteiger partial charge < -0.3 is 4.74 Å². The summed E-state index contributed by atoms with van der Waals surface area (Å²) >= 11 is 9.24. The Labute approximate surface area is 129 Å². The van der Waals surface area contributed by atoms with Crippen molar-refractivity contribution in [2.24, 2.45) is 0 Å². The van der Waals surface area contributed by atoms with E-state index in [9.17, 15) is 9.18 Å². The number of benzene rings is 2. The van der Waals surface area contributed by atoms with E-state index in [1.54, 1.807) is 18.2 Å². The molecule has 0 spiro atoms. The Morgan fingerprint density at radius 2 is 1.95 bits per heavy atom. The lowest BCUT2D eigenvalue weighted by molar-refractivity contribution is 0.103. The van der Waals surface area contributed by atoms with Crippen LogP contribution in [0.2, 0.25) is 5.02 Å². The van der Waals surface area contributed by atoms with Gasteiger partial charge in [0, 0.05) is 15.6 Å². The second kappa shape index (κ2) is 6.37. The van der Waals surface area contributed by atoms with Gasteiger partial charge in [0.1, 0.15) is 11.6 Å². The first-order chi connectivity index (χ1) is 9.52. The van der Waals surface area contributed by atoms with Crippen molar-refractivity contribution in [3.63, 3.8) is 0 Å². The molecular formula is C15H11BrClFO2. The minimum absolute atomic E-state index is 0.0933. The number of carbonyl (C=O) groups excluding carboxylic acids is 1. The predicted molar refractivity (Wildman–Crippen MR) is 80.2 cm³/mol. The highest BCUT2D eigenvalue weighted by molar-refractivity contribution is 9.10. The molecule has 0 atom stereocenters. The fourth-order valence-electron chi connectivity index (χ4n) is 1.76. The van der Waals surface area contributed by atoms with E-state index in [0.717, 1.165) is 6.07 Å². The van der Waals surface area contributed by atoms with Crippen LogP contribution in [0, 0.1) is 5.82 Å². The van der Waals surface area contributed by atoms with Crippen molar-refractivity contribution in [3.05, 3.63) is 62.8 Å². The minimum Gasteiger partial charge on any atom is -0.494 e. The first kappa shape index (κ1) is 15.0. The number of hydrogen-bond donors (Lipinski definition) is 0. The van der Waals surface area contributed by atoms with Gasteiger partial charge in [0.15, 0.2) is 5.78 Å². The van der Waals surface area contributed by atoms with Crippen LogP contribution in [-0.4, -0.2) is 12.4 Å². The maximum absolute atomic E-state index is 13.0. The summed E-state index contributed by atoms with van der Waals surface area (Å²) in [5.41, 5.74) is 0.708. The number of carbonyl (C=O) groups is 1. The maximum Gasteiger partial charge on any atom is 0.195 e. The van der Waals surface area contributed by atoms with Gasteiger partial charge in [-0.25, -0.2) is 4.39 Å². The molecule has 0 radical (unpaired) electrons. The lowest BCUT2D eigenvalue weighted by Crippen LogP contribution is -2.04. The molecule has 104 valence electrons. The molecular weight excluding hydrogens is 347 g/mol. The van der Waals surface area contributed by atoms with Gasteiger partial charge in [0.2, 0.25) is 0 Å². The summed E-state index contributed by atoms with van der Waals surface area (Å²) in [5.74, 6) is -0.0802. The average molecular weight is 358 g/mol. The summed E-state index contributed by atoms with van der Waals surface area (Å²) in [5, 5.41) is 0.0933. The van der Waals surface area contributed by atoms with Crippen LogP contribution in [0.5, 0.6) is 5.75 Å². The van der Waals surface area contributed by atoms with Gasteiger partial charge in [-0.05, 0) is 59.3 Å². The Bertz CT molecular complexity index is 658. The van der Waals surface area contributed by atoms with E-state index in [2.05, 4.69) is 15.9 Å². The molecule has 0 unspecified atom stereocenters. The number of ketones is 1. The third kappa shape index (κ3) is 3.19. The molecule has 0 fully saturated rings. The molecule has 2 rings (SSSR count). The van der Waals surface area contributed by atoms with Crippen molar-refractivity contribution in [2.45, 2.75) is 6.92 Å². The normalized spacial score (nSPS) is 10.4. The van der Waals surface area contributed by atoms with Gasteiger partial charge in [-0.15, -0.1) is 0 Å².